The summed E-state index contributed by atoms with van der Waals surface area (Å²) in [5.41, 5.74) is 6.64. The molecule has 0 fully saturated rings. The van der Waals surface area contributed by atoms with Crippen molar-refractivity contribution >= 4 is 12.1 Å². The van der Waals surface area contributed by atoms with Gasteiger partial charge in [0.1, 0.15) is 5.75 Å². The number of carbonyl (C=O) groups is 1. The lowest BCUT2D eigenvalue weighted by atomic mass is 10.1. The normalized spacial score (nSPS) is 10.7. The van der Waals surface area contributed by atoms with Crippen molar-refractivity contribution in [1.29, 1.82) is 0 Å². The molecule has 0 heterocycles. The average molecular weight is 296 g/mol. The number of ether oxygens (including phenoxy) is 1. The zero-order valence-electron chi connectivity index (χ0n) is 13.1. The molecule has 0 aliphatic rings. The fourth-order valence-electron chi connectivity index (χ4n) is 1.94. The molecule has 0 bridgehead atoms. The monoisotopic (exact) mass is 296 g/mol. The van der Waals surface area contributed by atoms with Crippen LogP contribution in [0.3, 0.4) is 0 Å². The summed E-state index contributed by atoms with van der Waals surface area (Å²) in [5.74, 6) is 0.434. The zero-order valence-corrected chi connectivity index (χ0v) is 13.1. The van der Waals surface area contributed by atoms with Crippen molar-refractivity contribution < 1.29 is 9.53 Å². The molecular weight excluding hydrogens is 276 g/mol. The summed E-state index contributed by atoms with van der Waals surface area (Å²) in [6.07, 6.45) is 1.63. The Hall–Kier alpha value is -2.62. The number of hydrogen-bond donors (Lipinski definition) is 1. The molecule has 2 aromatic carbocycles. The van der Waals surface area contributed by atoms with Gasteiger partial charge in [-0.05, 0) is 49.1 Å². The van der Waals surface area contributed by atoms with Gasteiger partial charge in [-0.2, -0.15) is 5.10 Å². The molecule has 0 atom stereocenters. The van der Waals surface area contributed by atoms with Gasteiger partial charge in [0.25, 0.3) is 5.91 Å². The predicted octanol–water partition coefficient (Wildman–Crippen LogP) is 3.14. The van der Waals surface area contributed by atoms with Crippen LogP contribution in [-0.4, -0.2) is 18.7 Å². The molecule has 0 spiro atoms. The quantitative estimate of drug-likeness (QED) is 0.680. The summed E-state index contributed by atoms with van der Waals surface area (Å²) in [6.45, 7) is 5.87. The molecule has 4 nitrogen and oxygen atoms in total. The number of carbonyl (C=O) groups excluding carboxylic acids is 1. The second-order valence-corrected chi connectivity index (χ2v) is 5.21. The second-order valence-electron chi connectivity index (χ2n) is 5.21. The van der Waals surface area contributed by atoms with E-state index in [2.05, 4.69) is 10.5 Å². The molecule has 0 saturated carbocycles. The average Bonchev–Trinajstić information content (AvgIpc) is 2.50. The van der Waals surface area contributed by atoms with Crippen LogP contribution < -0.4 is 10.2 Å². The Bertz CT molecular complexity index is 693. The lowest BCUT2D eigenvalue weighted by Gasteiger charge is -2.08. The molecular formula is C18H20N2O2. The van der Waals surface area contributed by atoms with Gasteiger partial charge in [-0.25, -0.2) is 5.43 Å². The molecule has 0 aliphatic carbocycles. The van der Waals surface area contributed by atoms with Crippen LogP contribution in [0.1, 0.15) is 22.3 Å². The van der Waals surface area contributed by atoms with E-state index in [1.807, 2.05) is 63.2 Å². The van der Waals surface area contributed by atoms with Gasteiger partial charge in [-0.15, -0.1) is 0 Å². The molecule has 0 radical (unpaired) electrons. The van der Waals surface area contributed by atoms with E-state index < -0.39 is 0 Å². The van der Waals surface area contributed by atoms with Gasteiger partial charge in [0, 0.05) is 0 Å². The lowest BCUT2D eigenvalue weighted by Crippen LogP contribution is -2.24. The first-order valence-corrected chi connectivity index (χ1v) is 7.14. The van der Waals surface area contributed by atoms with Gasteiger partial charge in [0.15, 0.2) is 6.61 Å². The third-order valence-corrected chi connectivity index (χ3v) is 3.28. The van der Waals surface area contributed by atoms with Crippen LogP contribution in [0.15, 0.2) is 47.6 Å². The Morgan fingerprint density at radius 1 is 1.14 bits per heavy atom. The third kappa shape index (κ3) is 4.45. The van der Waals surface area contributed by atoms with E-state index in [1.165, 1.54) is 0 Å². The van der Waals surface area contributed by atoms with E-state index >= 15 is 0 Å². The maximum Gasteiger partial charge on any atom is 0.277 e. The summed E-state index contributed by atoms with van der Waals surface area (Å²) >= 11 is 0. The lowest BCUT2D eigenvalue weighted by molar-refractivity contribution is -0.123. The van der Waals surface area contributed by atoms with E-state index in [9.17, 15) is 4.79 Å². The summed E-state index contributed by atoms with van der Waals surface area (Å²) < 4.78 is 5.52. The zero-order chi connectivity index (χ0) is 15.9. The molecule has 2 rings (SSSR count). The summed E-state index contributed by atoms with van der Waals surface area (Å²) in [5, 5.41) is 3.95. The molecule has 0 aliphatic heterocycles. The fourth-order valence-corrected chi connectivity index (χ4v) is 1.94. The van der Waals surface area contributed by atoms with E-state index in [0.29, 0.717) is 0 Å². The number of hydrogen-bond acceptors (Lipinski definition) is 3. The van der Waals surface area contributed by atoms with Gasteiger partial charge in [0.05, 0.1) is 6.21 Å². The second kappa shape index (κ2) is 7.41. The van der Waals surface area contributed by atoms with Gasteiger partial charge in [-0.3, -0.25) is 4.79 Å². The Balaban J connectivity index is 1.86. The van der Waals surface area contributed by atoms with Crippen molar-refractivity contribution in [3.05, 3.63) is 64.7 Å². The smallest absolute Gasteiger partial charge is 0.277 e. The standard InChI is InChI=1S/C18H20N2O2/c1-13-8-9-15(3)17(10-13)22-12-18(21)20-19-11-16-7-5-4-6-14(16)2/h4-11H,12H2,1-3H3,(H,20,21)/b19-11-. The molecule has 0 aromatic heterocycles. The Morgan fingerprint density at radius 2 is 1.91 bits per heavy atom. The minimum Gasteiger partial charge on any atom is -0.483 e. The fraction of sp³-hybridized carbons (Fsp3) is 0.222. The van der Waals surface area contributed by atoms with Crippen LogP contribution in [0.5, 0.6) is 5.75 Å². The maximum absolute atomic E-state index is 11.7. The van der Waals surface area contributed by atoms with Crippen LogP contribution in [0.25, 0.3) is 0 Å². The first kappa shape index (κ1) is 15.8. The van der Waals surface area contributed by atoms with E-state index in [0.717, 1.165) is 28.0 Å². The van der Waals surface area contributed by atoms with Crippen molar-refractivity contribution in [2.45, 2.75) is 20.8 Å². The SMILES string of the molecule is Cc1ccc(C)c(OCC(=O)N/N=C\c2ccccc2C)c1. The summed E-state index contributed by atoms with van der Waals surface area (Å²) in [7, 11) is 0. The number of amides is 1. The van der Waals surface area contributed by atoms with Crippen molar-refractivity contribution in [3.63, 3.8) is 0 Å². The molecule has 114 valence electrons. The van der Waals surface area contributed by atoms with Crippen molar-refractivity contribution in [2.75, 3.05) is 6.61 Å². The predicted molar refractivity (Wildman–Crippen MR) is 88.3 cm³/mol. The number of hydrazone groups is 1. The minimum absolute atomic E-state index is 0.0601. The number of nitrogens with zero attached hydrogens (tertiary/aromatic N) is 1. The van der Waals surface area contributed by atoms with Crippen molar-refractivity contribution in [1.82, 2.24) is 5.43 Å². The molecule has 1 amide bonds. The molecule has 0 saturated heterocycles. The molecule has 0 unspecified atom stereocenters. The molecule has 22 heavy (non-hydrogen) atoms. The van der Waals surface area contributed by atoms with Gasteiger partial charge >= 0.3 is 0 Å². The molecule has 4 heteroatoms. The largest absolute Gasteiger partial charge is 0.483 e. The summed E-state index contributed by atoms with van der Waals surface area (Å²) in [6, 6.07) is 13.7. The molecule has 1 N–H and O–H groups in total. The Kier molecular flexibility index (Phi) is 5.31. The number of benzene rings is 2. The number of rotatable bonds is 5. The van der Waals surface area contributed by atoms with Gasteiger partial charge in [-0.1, -0.05) is 36.4 Å². The van der Waals surface area contributed by atoms with E-state index in [-0.39, 0.29) is 12.5 Å². The van der Waals surface area contributed by atoms with Crippen molar-refractivity contribution in [3.8, 4) is 5.75 Å². The Labute approximate surface area is 130 Å². The Morgan fingerprint density at radius 3 is 2.68 bits per heavy atom. The maximum atomic E-state index is 11.7. The van der Waals surface area contributed by atoms with E-state index in [4.69, 9.17) is 4.74 Å². The van der Waals surface area contributed by atoms with Gasteiger partial charge in [0.2, 0.25) is 0 Å². The minimum atomic E-state index is -0.286. The highest BCUT2D eigenvalue weighted by Gasteiger charge is 2.04. The highest BCUT2D eigenvalue weighted by molar-refractivity contribution is 5.84. The van der Waals surface area contributed by atoms with Gasteiger partial charge < -0.3 is 4.74 Å². The van der Waals surface area contributed by atoms with Crippen molar-refractivity contribution in [2.24, 2.45) is 5.10 Å². The van der Waals surface area contributed by atoms with E-state index in [1.54, 1.807) is 6.21 Å². The molecule has 2 aromatic rings. The van der Waals surface area contributed by atoms with Crippen LogP contribution >= 0.6 is 0 Å². The first-order valence-electron chi connectivity index (χ1n) is 7.14. The van der Waals surface area contributed by atoms with Crippen LogP contribution in [0.2, 0.25) is 0 Å². The van der Waals surface area contributed by atoms with Crippen LogP contribution in [0.4, 0.5) is 0 Å². The number of nitrogens with one attached hydrogen (secondary N) is 1. The van der Waals surface area contributed by atoms with Crippen LogP contribution in [0, 0.1) is 20.8 Å². The topological polar surface area (TPSA) is 50.7 Å². The number of aryl methyl sites for hydroxylation is 3. The summed E-state index contributed by atoms with van der Waals surface area (Å²) in [4.78, 5) is 11.7. The first-order chi connectivity index (χ1) is 10.6. The highest BCUT2D eigenvalue weighted by Crippen LogP contribution is 2.18. The van der Waals surface area contributed by atoms with Crippen LogP contribution in [-0.2, 0) is 4.79 Å². The third-order valence-electron chi connectivity index (χ3n) is 3.28. The highest BCUT2D eigenvalue weighted by atomic mass is 16.5.